The monoisotopic (exact) mass is 378 g/mol. The van der Waals surface area contributed by atoms with Crippen LogP contribution in [0.3, 0.4) is 0 Å². The number of benzene rings is 2. The predicted molar refractivity (Wildman–Crippen MR) is 104 cm³/mol. The van der Waals surface area contributed by atoms with E-state index in [0.717, 1.165) is 5.56 Å². The van der Waals surface area contributed by atoms with Crippen molar-refractivity contribution in [2.75, 3.05) is 14.1 Å². The topological polar surface area (TPSA) is 51.9 Å². The molecular formula is C18H20Cl2N4O. The lowest BCUT2D eigenvalue weighted by atomic mass is 10.2. The van der Waals surface area contributed by atoms with Crippen molar-refractivity contribution in [1.29, 1.82) is 0 Å². The van der Waals surface area contributed by atoms with E-state index in [9.17, 15) is 4.79 Å². The molecule has 0 unspecified atom stereocenters. The van der Waals surface area contributed by atoms with Crippen LogP contribution in [0.1, 0.15) is 6.92 Å². The van der Waals surface area contributed by atoms with E-state index in [-0.39, 0.29) is 5.69 Å². The SMILES string of the molecule is CCn1c(-c2ccccc2)nn(-c2cc(Cl)ccc2Cl)c1=O.CNC. The van der Waals surface area contributed by atoms with Gasteiger partial charge in [-0.25, -0.2) is 4.79 Å². The van der Waals surface area contributed by atoms with Gasteiger partial charge in [-0.2, -0.15) is 4.68 Å². The summed E-state index contributed by atoms with van der Waals surface area (Å²) < 4.78 is 2.90. The Bertz CT molecular complexity index is 888. The first-order valence-corrected chi connectivity index (χ1v) is 8.58. The molecule has 0 amide bonds. The molecule has 3 rings (SSSR count). The van der Waals surface area contributed by atoms with Gasteiger partial charge in [-0.05, 0) is 39.2 Å². The Morgan fingerprint density at radius 2 is 1.72 bits per heavy atom. The first-order chi connectivity index (χ1) is 12.0. The van der Waals surface area contributed by atoms with Crippen molar-refractivity contribution >= 4 is 23.2 Å². The lowest BCUT2D eigenvalue weighted by molar-refractivity contribution is 0.716. The molecule has 0 spiro atoms. The molecule has 0 fully saturated rings. The largest absolute Gasteiger partial charge is 0.351 e. The molecular weight excluding hydrogens is 359 g/mol. The summed E-state index contributed by atoms with van der Waals surface area (Å²) in [4.78, 5) is 12.6. The number of aromatic nitrogens is 3. The summed E-state index contributed by atoms with van der Waals surface area (Å²) in [6.07, 6.45) is 0. The van der Waals surface area contributed by atoms with E-state index >= 15 is 0 Å². The van der Waals surface area contributed by atoms with Gasteiger partial charge in [0.1, 0.15) is 0 Å². The Kier molecular flexibility index (Phi) is 6.82. The minimum absolute atomic E-state index is 0.245. The lowest BCUT2D eigenvalue weighted by Gasteiger charge is -2.02. The van der Waals surface area contributed by atoms with Crippen LogP contribution in [0.25, 0.3) is 17.1 Å². The predicted octanol–water partition coefficient (Wildman–Crippen LogP) is 3.86. The third-order valence-corrected chi connectivity index (χ3v) is 3.90. The summed E-state index contributed by atoms with van der Waals surface area (Å²) in [5, 5.41) is 8.12. The van der Waals surface area contributed by atoms with Gasteiger partial charge in [-0.3, -0.25) is 4.57 Å². The van der Waals surface area contributed by atoms with Crippen molar-refractivity contribution in [2.24, 2.45) is 0 Å². The molecule has 7 heteroatoms. The summed E-state index contributed by atoms with van der Waals surface area (Å²) in [7, 11) is 3.75. The van der Waals surface area contributed by atoms with Crippen LogP contribution >= 0.6 is 23.2 Å². The molecule has 0 saturated heterocycles. The number of nitrogens with one attached hydrogen (secondary N) is 1. The first kappa shape index (κ1) is 19.2. The van der Waals surface area contributed by atoms with Crippen molar-refractivity contribution in [3.63, 3.8) is 0 Å². The zero-order chi connectivity index (χ0) is 18.4. The third kappa shape index (κ3) is 4.31. The maximum atomic E-state index is 12.6. The fraction of sp³-hybridized carbons (Fsp3) is 0.222. The van der Waals surface area contributed by atoms with Crippen LogP contribution in [-0.2, 0) is 6.54 Å². The normalized spacial score (nSPS) is 10.3. The van der Waals surface area contributed by atoms with Crippen LogP contribution in [0.2, 0.25) is 10.0 Å². The van der Waals surface area contributed by atoms with Crippen LogP contribution in [0.15, 0.2) is 53.3 Å². The average Bonchev–Trinajstić information content (AvgIpc) is 2.95. The van der Waals surface area contributed by atoms with Crippen molar-refractivity contribution in [3.05, 3.63) is 69.1 Å². The van der Waals surface area contributed by atoms with E-state index in [2.05, 4.69) is 10.4 Å². The molecule has 0 saturated carbocycles. The Morgan fingerprint density at radius 3 is 2.32 bits per heavy atom. The Labute approximate surface area is 156 Å². The van der Waals surface area contributed by atoms with Crippen LogP contribution < -0.4 is 11.0 Å². The van der Waals surface area contributed by atoms with Gasteiger partial charge in [0.05, 0.1) is 10.7 Å². The second kappa shape index (κ2) is 8.85. The Balaban J connectivity index is 0.000000701. The molecule has 5 nitrogen and oxygen atoms in total. The van der Waals surface area contributed by atoms with Crippen LogP contribution in [0.5, 0.6) is 0 Å². The second-order valence-corrected chi connectivity index (χ2v) is 6.07. The zero-order valence-electron chi connectivity index (χ0n) is 14.3. The van der Waals surface area contributed by atoms with E-state index in [1.807, 2.05) is 51.4 Å². The van der Waals surface area contributed by atoms with Gasteiger partial charge in [0.15, 0.2) is 5.82 Å². The maximum Gasteiger partial charge on any atom is 0.351 e. The molecule has 0 aliphatic carbocycles. The van der Waals surface area contributed by atoms with E-state index in [1.54, 1.807) is 22.8 Å². The van der Waals surface area contributed by atoms with Gasteiger partial charge in [-0.15, -0.1) is 5.10 Å². The van der Waals surface area contributed by atoms with Gasteiger partial charge in [0, 0.05) is 17.1 Å². The van der Waals surface area contributed by atoms with Gasteiger partial charge in [0.25, 0.3) is 0 Å². The molecule has 3 aromatic rings. The van der Waals surface area contributed by atoms with Crippen molar-refractivity contribution < 1.29 is 0 Å². The molecule has 0 bridgehead atoms. The number of rotatable bonds is 3. The molecule has 1 aromatic heterocycles. The summed E-state index contributed by atoms with van der Waals surface area (Å²) in [5.74, 6) is 0.601. The summed E-state index contributed by atoms with van der Waals surface area (Å²) >= 11 is 12.2. The standard InChI is InChI=1S/C16H13Cl2N3O.C2H7N/c1-2-20-15(11-6-4-3-5-7-11)19-21(16(20)22)14-10-12(17)8-9-13(14)18;1-3-2/h3-10H,2H2,1H3;3H,1-2H3. The number of hydrogen-bond acceptors (Lipinski definition) is 3. The van der Waals surface area contributed by atoms with Crippen LogP contribution in [-0.4, -0.2) is 28.4 Å². The molecule has 132 valence electrons. The van der Waals surface area contributed by atoms with Crippen molar-refractivity contribution in [2.45, 2.75) is 13.5 Å². The highest BCUT2D eigenvalue weighted by atomic mass is 35.5. The van der Waals surface area contributed by atoms with Crippen molar-refractivity contribution in [1.82, 2.24) is 19.7 Å². The second-order valence-electron chi connectivity index (χ2n) is 5.22. The fourth-order valence-electron chi connectivity index (χ4n) is 2.29. The minimum Gasteiger partial charge on any atom is -0.323 e. The molecule has 0 atom stereocenters. The smallest absolute Gasteiger partial charge is 0.323 e. The number of hydrogen-bond donors (Lipinski definition) is 1. The van der Waals surface area contributed by atoms with E-state index < -0.39 is 0 Å². The zero-order valence-corrected chi connectivity index (χ0v) is 15.8. The summed E-state index contributed by atoms with van der Waals surface area (Å²) in [5.41, 5.74) is 1.10. The van der Waals surface area contributed by atoms with Gasteiger partial charge < -0.3 is 5.32 Å². The Morgan fingerprint density at radius 1 is 1.08 bits per heavy atom. The number of nitrogens with zero attached hydrogens (tertiary/aromatic N) is 3. The van der Waals surface area contributed by atoms with Crippen LogP contribution in [0, 0.1) is 0 Å². The highest BCUT2D eigenvalue weighted by molar-refractivity contribution is 6.34. The highest BCUT2D eigenvalue weighted by Gasteiger charge is 2.16. The summed E-state index contributed by atoms with van der Waals surface area (Å²) in [6, 6.07) is 14.5. The average molecular weight is 379 g/mol. The van der Waals surface area contributed by atoms with Gasteiger partial charge in [0.2, 0.25) is 0 Å². The minimum atomic E-state index is -0.245. The maximum absolute atomic E-state index is 12.6. The fourth-order valence-corrected chi connectivity index (χ4v) is 2.65. The molecule has 25 heavy (non-hydrogen) atoms. The molecule has 0 radical (unpaired) electrons. The quantitative estimate of drug-likeness (QED) is 0.752. The first-order valence-electron chi connectivity index (χ1n) is 7.82. The number of halogens is 2. The summed E-state index contributed by atoms with van der Waals surface area (Å²) in [6.45, 7) is 2.42. The van der Waals surface area contributed by atoms with Crippen molar-refractivity contribution in [3.8, 4) is 17.1 Å². The van der Waals surface area contributed by atoms with Crippen LogP contribution in [0.4, 0.5) is 0 Å². The molecule has 1 heterocycles. The lowest BCUT2D eigenvalue weighted by Crippen LogP contribution is -2.23. The van der Waals surface area contributed by atoms with Gasteiger partial charge in [-0.1, -0.05) is 53.5 Å². The van der Waals surface area contributed by atoms with E-state index in [4.69, 9.17) is 23.2 Å². The molecule has 0 aliphatic rings. The molecule has 2 aromatic carbocycles. The van der Waals surface area contributed by atoms with Gasteiger partial charge >= 0.3 is 5.69 Å². The Hall–Kier alpha value is -2.08. The molecule has 1 N–H and O–H groups in total. The van der Waals surface area contributed by atoms with E-state index in [0.29, 0.717) is 28.1 Å². The third-order valence-electron chi connectivity index (χ3n) is 3.35. The molecule has 0 aliphatic heterocycles. The highest BCUT2D eigenvalue weighted by Crippen LogP contribution is 2.24. The van der Waals surface area contributed by atoms with E-state index in [1.165, 1.54) is 4.68 Å².